The molecular weight excluding hydrogens is 382 g/mol. The Morgan fingerprint density at radius 3 is 2.90 bits per heavy atom. The van der Waals surface area contributed by atoms with Gasteiger partial charge in [0.1, 0.15) is 11.6 Å². The number of hydrogen-bond donors (Lipinski definition) is 1. The Balaban J connectivity index is 1.18. The second-order valence-electron chi connectivity index (χ2n) is 8.18. The van der Waals surface area contributed by atoms with Crippen molar-refractivity contribution in [3.63, 3.8) is 0 Å². The monoisotopic (exact) mass is 409 g/mol. The summed E-state index contributed by atoms with van der Waals surface area (Å²) in [5.41, 5.74) is 7.77. The first-order valence-electron chi connectivity index (χ1n) is 11.0. The van der Waals surface area contributed by atoms with Crippen LogP contribution in [0.25, 0.3) is 17.0 Å². The molecule has 0 radical (unpaired) electrons. The number of aryl methyl sites for hydroxylation is 4. The lowest BCUT2D eigenvalue weighted by Gasteiger charge is -2.06. The highest BCUT2D eigenvalue weighted by Crippen LogP contribution is 2.25. The predicted molar refractivity (Wildman–Crippen MR) is 125 cm³/mol. The molecule has 2 aromatic carbocycles. The molecule has 0 bridgehead atoms. The molecule has 4 aromatic rings. The lowest BCUT2D eigenvalue weighted by Crippen LogP contribution is -2.02. The van der Waals surface area contributed by atoms with Crippen molar-refractivity contribution in [2.24, 2.45) is 0 Å². The molecule has 4 heteroatoms. The molecule has 0 spiro atoms. The van der Waals surface area contributed by atoms with E-state index >= 15 is 0 Å². The number of ether oxygens (including phenoxy) is 1. The van der Waals surface area contributed by atoms with E-state index in [0.29, 0.717) is 0 Å². The first kappa shape index (κ1) is 19.6. The van der Waals surface area contributed by atoms with Gasteiger partial charge in [-0.1, -0.05) is 30.4 Å². The highest BCUT2D eigenvalue weighted by molar-refractivity contribution is 5.84. The standard InChI is InChI=1S/C27H27N3O/c1-31-24-12-13-26-25(17-24)22(18-29-26)6-3-7-27-28-15-14-23(30-27)11-9-19-8-10-20-4-2-5-21(20)16-19/h2,5,8,10,12-18,29H,3-4,6-7,9,11H2,1H3. The average Bonchev–Trinajstić information content (AvgIpc) is 3.44. The molecule has 31 heavy (non-hydrogen) atoms. The summed E-state index contributed by atoms with van der Waals surface area (Å²) < 4.78 is 5.37. The summed E-state index contributed by atoms with van der Waals surface area (Å²) in [5, 5.41) is 1.23. The Labute approximate surface area is 183 Å². The van der Waals surface area contributed by atoms with Gasteiger partial charge in [0.2, 0.25) is 0 Å². The van der Waals surface area contributed by atoms with Crippen molar-refractivity contribution in [3.05, 3.63) is 94.7 Å². The minimum Gasteiger partial charge on any atom is -0.497 e. The second kappa shape index (κ2) is 8.76. The fourth-order valence-electron chi connectivity index (χ4n) is 4.36. The molecule has 1 aliphatic carbocycles. The van der Waals surface area contributed by atoms with Crippen LogP contribution in [0.1, 0.15) is 40.2 Å². The molecule has 0 atom stereocenters. The third-order valence-electron chi connectivity index (χ3n) is 6.10. The van der Waals surface area contributed by atoms with Crippen LogP contribution in [-0.2, 0) is 32.1 Å². The first-order valence-corrected chi connectivity index (χ1v) is 11.0. The van der Waals surface area contributed by atoms with E-state index in [0.717, 1.165) is 61.3 Å². The van der Waals surface area contributed by atoms with E-state index in [1.165, 1.54) is 27.6 Å². The van der Waals surface area contributed by atoms with Crippen molar-refractivity contribution < 1.29 is 4.74 Å². The molecule has 5 rings (SSSR count). The van der Waals surface area contributed by atoms with Crippen LogP contribution < -0.4 is 4.74 Å². The largest absolute Gasteiger partial charge is 0.497 e. The van der Waals surface area contributed by atoms with E-state index in [2.05, 4.69) is 58.6 Å². The number of aromatic nitrogens is 3. The molecule has 2 heterocycles. The van der Waals surface area contributed by atoms with Gasteiger partial charge in [-0.3, -0.25) is 0 Å². The number of H-pyrrole nitrogens is 1. The van der Waals surface area contributed by atoms with E-state index in [-0.39, 0.29) is 0 Å². The summed E-state index contributed by atoms with van der Waals surface area (Å²) in [6, 6.07) is 15.0. The van der Waals surface area contributed by atoms with Crippen LogP contribution in [-0.4, -0.2) is 22.1 Å². The minimum atomic E-state index is 0.883. The van der Waals surface area contributed by atoms with E-state index < -0.39 is 0 Å². The van der Waals surface area contributed by atoms with Crippen molar-refractivity contribution in [1.29, 1.82) is 0 Å². The average molecular weight is 410 g/mol. The van der Waals surface area contributed by atoms with Crippen LogP contribution in [0, 0.1) is 0 Å². The molecular formula is C27H27N3O. The maximum atomic E-state index is 5.37. The normalized spacial score (nSPS) is 12.4. The fraction of sp³-hybridized carbons (Fsp3) is 0.259. The van der Waals surface area contributed by atoms with Gasteiger partial charge in [-0.05, 0) is 78.6 Å². The minimum absolute atomic E-state index is 0.883. The summed E-state index contributed by atoms with van der Waals surface area (Å²) in [6.45, 7) is 0. The number of rotatable bonds is 8. The quantitative estimate of drug-likeness (QED) is 0.418. The Morgan fingerprint density at radius 1 is 1.00 bits per heavy atom. The zero-order chi connectivity index (χ0) is 21.0. The number of benzene rings is 2. The molecule has 0 aliphatic heterocycles. The van der Waals surface area contributed by atoms with Crippen LogP contribution in [0.4, 0.5) is 0 Å². The van der Waals surface area contributed by atoms with Crippen LogP contribution in [0.5, 0.6) is 5.75 Å². The number of hydrogen-bond acceptors (Lipinski definition) is 3. The Morgan fingerprint density at radius 2 is 1.97 bits per heavy atom. The molecule has 0 saturated carbocycles. The number of nitrogens with zero attached hydrogens (tertiary/aromatic N) is 2. The van der Waals surface area contributed by atoms with Gasteiger partial charge in [-0.25, -0.2) is 9.97 Å². The molecule has 0 fully saturated rings. The number of allylic oxidation sites excluding steroid dienone is 1. The Hall–Kier alpha value is -3.40. The molecule has 2 aromatic heterocycles. The van der Waals surface area contributed by atoms with Gasteiger partial charge >= 0.3 is 0 Å². The smallest absolute Gasteiger partial charge is 0.128 e. The van der Waals surface area contributed by atoms with Gasteiger partial charge in [-0.2, -0.15) is 0 Å². The zero-order valence-corrected chi connectivity index (χ0v) is 17.9. The van der Waals surface area contributed by atoms with Gasteiger partial charge in [0, 0.05) is 35.4 Å². The van der Waals surface area contributed by atoms with E-state index in [9.17, 15) is 0 Å². The van der Waals surface area contributed by atoms with E-state index in [4.69, 9.17) is 9.72 Å². The summed E-state index contributed by atoms with van der Waals surface area (Å²) in [5.74, 6) is 1.83. The summed E-state index contributed by atoms with van der Waals surface area (Å²) in [4.78, 5) is 12.7. The van der Waals surface area contributed by atoms with Crippen LogP contribution in [0.2, 0.25) is 0 Å². The number of methoxy groups -OCH3 is 1. The van der Waals surface area contributed by atoms with Crippen molar-refractivity contribution in [1.82, 2.24) is 15.0 Å². The lowest BCUT2D eigenvalue weighted by molar-refractivity contribution is 0.415. The Bertz CT molecular complexity index is 1240. The number of fused-ring (bicyclic) bond motifs is 2. The molecule has 0 saturated heterocycles. The van der Waals surface area contributed by atoms with Crippen molar-refractivity contribution in [2.75, 3.05) is 7.11 Å². The van der Waals surface area contributed by atoms with Crippen LogP contribution >= 0.6 is 0 Å². The fourth-order valence-corrected chi connectivity index (χ4v) is 4.36. The maximum absolute atomic E-state index is 5.37. The van der Waals surface area contributed by atoms with Crippen LogP contribution in [0.3, 0.4) is 0 Å². The highest BCUT2D eigenvalue weighted by atomic mass is 16.5. The third kappa shape index (κ3) is 4.38. The van der Waals surface area contributed by atoms with Gasteiger partial charge < -0.3 is 9.72 Å². The summed E-state index contributed by atoms with van der Waals surface area (Å²) in [6.07, 6.45) is 14.4. The van der Waals surface area contributed by atoms with Gasteiger partial charge in [0.15, 0.2) is 0 Å². The zero-order valence-electron chi connectivity index (χ0n) is 17.9. The molecule has 156 valence electrons. The number of aromatic amines is 1. The molecule has 1 N–H and O–H groups in total. The lowest BCUT2D eigenvalue weighted by atomic mass is 10.0. The molecule has 1 aliphatic rings. The highest BCUT2D eigenvalue weighted by Gasteiger charge is 2.08. The molecule has 0 unspecified atom stereocenters. The predicted octanol–water partition coefficient (Wildman–Crippen LogP) is 5.50. The van der Waals surface area contributed by atoms with Gasteiger partial charge in [0.05, 0.1) is 7.11 Å². The second-order valence-corrected chi connectivity index (χ2v) is 8.18. The Kier molecular flexibility index (Phi) is 5.53. The van der Waals surface area contributed by atoms with Crippen molar-refractivity contribution in [3.8, 4) is 5.75 Å². The van der Waals surface area contributed by atoms with Gasteiger partial charge in [0.25, 0.3) is 0 Å². The SMILES string of the molecule is COc1ccc2[nH]cc(CCCc3nccc(CCc4ccc5c(c4)C=CC5)n3)c2c1. The number of nitrogens with one attached hydrogen (secondary N) is 1. The summed E-state index contributed by atoms with van der Waals surface area (Å²) in [7, 11) is 1.71. The molecule has 4 nitrogen and oxygen atoms in total. The van der Waals surface area contributed by atoms with Crippen LogP contribution in [0.15, 0.2) is 60.9 Å². The van der Waals surface area contributed by atoms with E-state index in [1.54, 1.807) is 7.11 Å². The maximum Gasteiger partial charge on any atom is 0.128 e. The van der Waals surface area contributed by atoms with Gasteiger partial charge in [-0.15, -0.1) is 0 Å². The summed E-state index contributed by atoms with van der Waals surface area (Å²) >= 11 is 0. The van der Waals surface area contributed by atoms with Crippen molar-refractivity contribution >= 4 is 17.0 Å². The third-order valence-corrected chi connectivity index (χ3v) is 6.10. The van der Waals surface area contributed by atoms with Crippen molar-refractivity contribution in [2.45, 2.75) is 38.5 Å². The molecule has 0 amide bonds. The first-order chi connectivity index (χ1) is 15.3. The topological polar surface area (TPSA) is 50.8 Å². The van der Waals surface area contributed by atoms with E-state index in [1.807, 2.05) is 18.3 Å².